The molecule has 1 heterocycles. The Bertz CT molecular complexity index is 299. The van der Waals surface area contributed by atoms with Crippen LogP contribution in [0.2, 0.25) is 0 Å². The van der Waals surface area contributed by atoms with Crippen LogP contribution in [0.1, 0.15) is 66.2 Å². The zero-order valence-corrected chi connectivity index (χ0v) is 15.2. The van der Waals surface area contributed by atoms with Gasteiger partial charge in [0.1, 0.15) is 0 Å². The maximum atomic E-state index is 11.8. The number of piperidine rings is 1. The van der Waals surface area contributed by atoms with Gasteiger partial charge in [0, 0.05) is 12.6 Å². The lowest BCUT2D eigenvalue weighted by atomic mass is 9.99. The number of carbonyl (C=O) groups is 1. The zero-order valence-electron chi connectivity index (χ0n) is 15.2. The van der Waals surface area contributed by atoms with Gasteiger partial charge in [-0.05, 0) is 76.9 Å². The SMILES string of the molecule is CC(C)CCC(C)NC(=O)NCCCCN1CCC(C)CC1. The molecule has 1 saturated heterocycles. The van der Waals surface area contributed by atoms with Crippen molar-refractivity contribution in [2.24, 2.45) is 11.8 Å². The van der Waals surface area contributed by atoms with Gasteiger partial charge in [-0.15, -0.1) is 0 Å². The predicted octanol–water partition coefficient (Wildman–Crippen LogP) is 3.62. The second-order valence-corrected chi connectivity index (χ2v) is 7.50. The number of hydrogen-bond donors (Lipinski definition) is 2. The van der Waals surface area contributed by atoms with Crippen LogP contribution in [0.4, 0.5) is 4.79 Å². The summed E-state index contributed by atoms with van der Waals surface area (Å²) in [7, 11) is 0. The topological polar surface area (TPSA) is 44.4 Å². The number of hydrogen-bond acceptors (Lipinski definition) is 2. The summed E-state index contributed by atoms with van der Waals surface area (Å²) in [4.78, 5) is 14.3. The number of unbranched alkanes of at least 4 members (excludes halogenated alkanes) is 1. The van der Waals surface area contributed by atoms with Crippen LogP contribution in [0.25, 0.3) is 0 Å². The molecule has 0 aromatic carbocycles. The number of nitrogens with zero attached hydrogens (tertiary/aromatic N) is 1. The Kier molecular flexibility index (Phi) is 9.53. The largest absolute Gasteiger partial charge is 0.338 e. The molecule has 0 bridgehead atoms. The van der Waals surface area contributed by atoms with E-state index in [4.69, 9.17) is 0 Å². The van der Waals surface area contributed by atoms with Crippen molar-refractivity contribution >= 4 is 6.03 Å². The van der Waals surface area contributed by atoms with E-state index in [1.165, 1.54) is 38.9 Å². The summed E-state index contributed by atoms with van der Waals surface area (Å²) in [5.74, 6) is 1.60. The van der Waals surface area contributed by atoms with Crippen molar-refractivity contribution in [1.29, 1.82) is 0 Å². The van der Waals surface area contributed by atoms with E-state index in [1.54, 1.807) is 0 Å². The first kappa shape index (κ1) is 19.3. The minimum Gasteiger partial charge on any atom is -0.338 e. The second-order valence-electron chi connectivity index (χ2n) is 7.50. The normalized spacial score (nSPS) is 18.4. The Hall–Kier alpha value is -0.770. The number of likely N-dealkylation sites (tertiary alicyclic amines) is 1. The van der Waals surface area contributed by atoms with Gasteiger partial charge in [-0.2, -0.15) is 0 Å². The highest BCUT2D eigenvalue weighted by molar-refractivity contribution is 5.74. The fourth-order valence-electron chi connectivity index (χ4n) is 2.88. The summed E-state index contributed by atoms with van der Waals surface area (Å²) >= 11 is 0. The Labute approximate surface area is 137 Å². The van der Waals surface area contributed by atoms with Gasteiger partial charge in [0.05, 0.1) is 0 Å². The molecule has 130 valence electrons. The highest BCUT2D eigenvalue weighted by Crippen LogP contribution is 2.16. The molecule has 1 unspecified atom stereocenters. The quantitative estimate of drug-likeness (QED) is 0.639. The summed E-state index contributed by atoms with van der Waals surface area (Å²) in [6, 6.07) is 0.251. The van der Waals surface area contributed by atoms with Gasteiger partial charge in [0.2, 0.25) is 0 Å². The van der Waals surface area contributed by atoms with Gasteiger partial charge in [-0.1, -0.05) is 20.8 Å². The summed E-state index contributed by atoms with van der Waals surface area (Å²) in [5, 5.41) is 6.00. The number of amides is 2. The van der Waals surface area contributed by atoms with Crippen molar-refractivity contribution in [2.75, 3.05) is 26.2 Å². The predicted molar refractivity (Wildman–Crippen MR) is 94.1 cm³/mol. The van der Waals surface area contributed by atoms with E-state index in [1.807, 2.05) is 0 Å². The van der Waals surface area contributed by atoms with Crippen LogP contribution in [0.15, 0.2) is 0 Å². The van der Waals surface area contributed by atoms with Crippen LogP contribution < -0.4 is 10.6 Å². The molecule has 0 aromatic rings. The van der Waals surface area contributed by atoms with Crippen LogP contribution in [0, 0.1) is 11.8 Å². The lowest BCUT2D eigenvalue weighted by molar-refractivity contribution is 0.189. The van der Waals surface area contributed by atoms with Crippen molar-refractivity contribution < 1.29 is 4.79 Å². The summed E-state index contributed by atoms with van der Waals surface area (Å²) in [6.45, 7) is 13.3. The molecule has 1 atom stereocenters. The first-order chi connectivity index (χ1) is 10.5. The van der Waals surface area contributed by atoms with Gasteiger partial charge in [0.25, 0.3) is 0 Å². The lowest BCUT2D eigenvalue weighted by Gasteiger charge is -2.30. The third-order valence-electron chi connectivity index (χ3n) is 4.62. The molecule has 4 nitrogen and oxygen atoms in total. The minimum atomic E-state index is -0.0111. The summed E-state index contributed by atoms with van der Waals surface area (Å²) in [5.41, 5.74) is 0. The van der Waals surface area contributed by atoms with Crippen LogP contribution in [0.5, 0.6) is 0 Å². The molecule has 0 saturated carbocycles. The van der Waals surface area contributed by atoms with Crippen LogP contribution in [-0.2, 0) is 0 Å². The van der Waals surface area contributed by atoms with Gasteiger partial charge in [0.15, 0.2) is 0 Å². The first-order valence-electron chi connectivity index (χ1n) is 9.24. The molecular formula is C18H37N3O. The van der Waals surface area contributed by atoms with Crippen molar-refractivity contribution in [3.8, 4) is 0 Å². The average molecular weight is 312 g/mol. The van der Waals surface area contributed by atoms with Gasteiger partial charge in [-0.3, -0.25) is 0 Å². The van der Waals surface area contributed by atoms with Crippen molar-refractivity contribution in [3.63, 3.8) is 0 Å². The van der Waals surface area contributed by atoms with E-state index < -0.39 is 0 Å². The monoisotopic (exact) mass is 311 g/mol. The molecule has 2 amide bonds. The van der Waals surface area contributed by atoms with Crippen molar-refractivity contribution in [3.05, 3.63) is 0 Å². The van der Waals surface area contributed by atoms with E-state index in [0.29, 0.717) is 5.92 Å². The van der Waals surface area contributed by atoms with E-state index in [9.17, 15) is 4.79 Å². The highest BCUT2D eigenvalue weighted by atomic mass is 16.2. The number of rotatable bonds is 9. The van der Waals surface area contributed by atoms with Crippen molar-refractivity contribution in [1.82, 2.24) is 15.5 Å². The third kappa shape index (κ3) is 9.29. The van der Waals surface area contributed by atoms with E-state index in [0.717, 1.165) is 31.7 Å². The highest BCUT2D eigenvalue weighted by Gasteiger charge is 2.14. The molecule has 1 fully saturated rings. The lowest BCUT2D eigenvalue weighted by Crippen LogP contribution is -2.41. The van der Waals surface area contributed by atoms with Gasteiger partial charge < -0.3 is 15.5 Å². The van der Waals surface area contributed by atoms with Crippen LogP contribution >= 0.6 is 0 Å². The molecule has 1 aliphatic rings. The molecule has 0 aromatic heterocycles. The summed E-state index contributed by atoms with van der Waals surface area (Å²) in [6.07, 6.45) is 7.15. The first-order valence-corrected chi connectivity index (χ1v) is 9.24. The Balaban J connectivity index is 1.96. The maximum Gasteiger partial charge on any atom is 0.314 e. The fourth-order valence-corrected chi connectivity index (χ4v) is 2.88. The van der Waals surface area contributed by atoms with Crippen LogP contribution in [0.3, 0.4) is 0 Å². The van der Waals surface area contributed by atoms with E-state index in [2.05, 4.69) is 43.2 Å². The third-order valence-corrected chi connectivity index (χ3v) is 4.62. The number of urea groups is 1. The van der Waals surface area contributed by atoms with Gasteiger partial charge in [-0.25, -0.2) is 4.79 Å². The smallest absolute Gasteiger partial charge is 0.314 e. The number of nitrogens with one attached hydrogen (secondary N) is 2. The second kappa shape index (κ2) is 10.9. The Morgan fingerprint density at radius 2 is 1.82 bits per heavy atom. The average Bonchev–Trinajstić information content (AvgIpc) is 2.46. The zero-order chi connectivity index (χ0) is 16.4. The molecule has 0 aliphatic carbocycles. The molecule has 0 radical (unpaired) electrons. The summed E-state index contributed by atoms with van der Waals surface area (Å²) < 4.78 is 0. The number of carbonyl (C=O) groups excluding carboxylic acids is 1. The standard InChI is InChI=1S/C18H37N3O/c1-15(2)7-8-17(4)20-18(22)19-11-5-6-12-21-13-9-16(3)10-14-21/h15-17H,5-14H2,1-4H3,(H2,19,20,22). The maximum absolute atomic E-state index is 11.8. The van der Waals surface area contributed by atoms with E-state index >= 15 is 0 Å². The molecule has 0 spiro atoms. The van der Waals surface area contributed by atoms with E-state index in [-0.39, 0.29) is 12.1 Å². The Morgan fingerprint density at radius 1 is 1.14 bits per heavy atom. The molecule has 1 rings (SSSR count). The molecular weight excluding hydrogens is 274 g/mol. The molecule has 1 aliphatic heterocycles. The minimum absolute atomic E-state index is 0.0111. The fraction of sp³-hybridized carbons (Fsp3) is 0.944. The molecule has 22 heavy (non-hydrogen) atoms. The van der Waals surface area contributed by atoms with Crippen LogP contribution in [-0.4, -0.2) is 43.2 Å². The Morgan fingerprint density at radius 3 is 2.45 bits per heavy atom. The van der Waals surface area contributed by atoms with Crippen molar-refractivity contribution in [2.45, 2.75) is 72.3 Å². The van der Waals surface area contributed by atoms with Gasteiger partial charge >= 0.3 is 6.03 Å². The molecule has 2 N–H and O–H groups in total. The molecule has 4 heteroatoms.